The van der Waals surface area contributed by atoms with E-state index in [4.69, 9.17) is 9.47 Å². The zero-order valence-corrected chi connectivity index (χ0v) is 17.1. The number of carbonyl (C=O) groups excluding carboxylic acids is 2. The van der Waals surface area contributed by atoms with E-state index >= 15 is 0 Å². The Labute approximate surface area is 176 Å². The lowest BCUT2D eigenvalue weighted by atomic mass is 9.99. The summed E-state index contributed by atoms with van der Waals surface area (Å²) in [5.41, 5.74) is 3.24. The standard InChI is InChI=1S/C25H25NO4/c1-18(15-19-11-13-21(14-12-19)25(28)29-2)24(27)26-22-9-6-10-23(16-22)30-17-20-7-4-3-5-8-20/h3-14,16,18H,15,17H2,1-2H3,(H,26,27). The van der Waals surface area contributed by atoms with Crippen molar-refractivity contribution in [3.05, 3.63) is 95.6 Å². The summed E-state index contributed by atoms with van der Waals surface area (Å²) >= 11 is 0. The van der Waals surface area contributed by atoms with Crippen molar-refractivity contribution in [2.75, 3.05) is 12.4 Å². The quantitative estimate of drug-likeness (QED) is 0.545. The van der Waals surface area contributed by atoms with E-state index in [9.17, 15) is 9.59 Å². The van der Waals surface area contributed by atoms with Crippen molar-refractivity contribution in [1.29, 1.82) is 0 Å². The van der Waals surface area contributed by atoms with Gasteiger partial charge in [0.1, 0.15) is 12.4 Å². The largest absolute Gasteiger partial charge is 0.489 e. The van der Waals surface area contributed by atoms with Gasteiger partial charge in [-0.05, 0) is 41.8 Å². The Morgan fingerprint density at radius 3 is 2.33 bits per heavy atom. The van der Waals surface area contributed by atoms with E-state index < -0.39 is 0 Å². The molecule has 5 nitrogen and oxygen atoms in total. The molecule has 0 fully saturated rings. The Kier molecular flexibility index (Phi) is 7.22. The Bertz CT molecular complexity index is 984. The maximum absolute atomic E-state index is 12.6. The topological polar surface area (TPSA) is 64.6 Å². The highest BCUT2D eigenvalue weighted by Gasteiger charge is 2.15. The lowest BCUT2D eigenvalue weighted by molar-refractivity contribution is -0.119. The summed E-state index contributed by atoms with van der Waals surface area (Å²) in [6.07, 6.45) is 0.567. The van der Waals surface area contributed by atoms with Crippen LogP contribution in [0, 0.1) is 5.92 Å². The molecule has 0 spiro atoms. The van der Waals surface area contributed by atoms with Crippen LogP contribution in [0.15, 0.2) is 78.9 Å². The first-order valence-corrected chi connectivity index (χ1v) is 9.80. The van der Waals surface area contributed by atoms with Crippen LogP contribution in [-0.2, 0) is 22.6 Å². The molecule has 0 saturated carbocycles. The molecular weight excluding hydrogens is 378 g/mol. The minimum Gasteiger partial charge on any atom is -0.489 e. The second kappa shape index (κ2) is 10.3. The average molecular weight is 403 g/mol. The first-order valence-electron chi connectivity index (χ1n) is 9.80. The van der Waals surface area contributed by atoms with Crippen LogP contribution in [0.25, 0.3) is 0 Å². The number of rotatable bonds is 8. The number of carbonyl (C=O) groups is 2. The highest BCUT2D eigenvalue weighted by Crippen LogP contribution is 2.20. The van der Waals surface area contributed by atoms with E-state index in [-0.39, 0.29) is 17.8 Å². The monoisotopic (exact) mass is 403 g/mol. The molecule has 1 atom stereocenters. The second-order valence-electron chi connectivity index (χ2n) is 7.09. The fraction of sp³-hybridized carbons (Fsp3) is 0.200. The summed E-state index contributed by atoms with van der Waals surface area (Å²) in [6.45, 7) is 2.34. The summed E-state index contributed by atoms with van der Waals surface area (Å²) in [6, 6.07) is 24.4. The first-order chi connectivity index (χ1) is 14.5. The summed E-state index contributed by atoms with van der Waals surface area (Å²) in [5.74, 6) is 0.0135. The van der Waals surface area contributed by atoms with Gasteiger partial charge in [0.05, 0.1) is 12.7 Å². The van der Waals surface area contributed by atoms with Crippen LogP contribution in [0.4, 0.5) is 5.69 Å². The number of methoxy groups -OCH3 is 1. The Balaban J connectivity index is 1.55. The smallest absolute Gasteiger partial charge is 0.337 e. The third kappa shape index (κ3) is 5.95. The average Bonchev–Trinajstić information content (AvgIpc) is 2.78. The molecule has 1 N–H and O–H groups in total. The predicted molar refractivity (Wildman–Crippen MR) is 116 cm³/mol. The van der Waals surface area contributed by atoms with Gasteiger partial charge in [0, 0.05) is 17.7 Å². The molecule has 1 unspecified atom stereocenters. The second-order valence-corrected chi connectivity index (χ2v) is 7.09. The molecule has 0 bridgehead atoms. The molecule has 154 valence electrons. The van der Waals surface area contributed by atoms with E-state index in [0.29, 0.717) is 30.0 Å². The minimum absolute atomic E-state index is 0.0766. The molecular formula is C25H25NO4. The summed E-state index contributed by atoms with van der Waals surface area (Å²) in [4.78, 5) is 24.1. The molecule has 0 aromatic heterocycles. The van der Waals surface area contributed by atoms with E-state index in [1.54, 1.807) is 12.1 Å². The van der Waals surface area contributed by atoms with Crippen molar-refractivity contribution >= 4 is 17.6 Å². The fourth-order valence-electron chi connectivity index (χ4n) is 3.01. The molecule has 0 radical (unpaired) electrons. The van der Waals surface area contributed by atoms with Crippen LogP contribution >= 0.6 is 0 Å². The van der Waals surface area contributed by atoms with Gasteiger partial charge in [-0.25, -0.2) is 4.79 Å². The SMILES string of the molecule is COC(=O)c1ccc(CC(C)C(=O)Nc2cccc(OCc3ccccc3)c2)cc1. The van der Waals surface area contributed by atoms with E-state index in [1.807, 2.05) is 73.7 Å². The van der Waals surface area contributed by atoms with Crippen molar-refractivity contribution in [3.8, 4) is 5.75 Å². The Morgan fingerprint density at radius 2 is 1.63 bits per heavy atom. The number of nitrogens with one attached hydrogen (secondary N) is 1. The van der Waals surface area contributed by atoms with Crippen molar-refractivity contribution in [3.63, 3.8) is 0 Å². The van der Waals surface area contributed by atoms with Crippen molar-refractivity contribution in [1.82, 2.24) is 0 Å². The van der Waals surface area contributed by atoms with Crippen molar-refractivity contribution in [2.45, 2.75) is 20.0 Å². The maximum atomic E-state index is 12.6. The summed E-state index contributed by atoms with van der Waals surface area (Å²) in [7, 11) is 1.35. The van der Waals surface area contributed by atoms with Crippen LogP contribution in [-0.4, -0.2) is 19.0 Å². The molecule has 0 aliphatic heterocycles. The fourth-order valence-corrected chi connectivity index (χ4v) is 3.01. The first kappa shape index (κ1) is 21.1. The molecule has 0 aliphatic rings. The number of ether oxygens (including phenoxy) is 2. The zero-order valence-electron chi connectivity index (χ0n) is 17.1. The van der Waals surface area contributed by atoms with Gasteiger partial charge < -0.3 is 14.8 Å². The number of amides is 1. The maximum Gasteiger partial charge on any atom is 0.337 e. The minimum atomic E-state index is -0.373. The van der Waals surface area contributed by atoms with Crippen LogP contribution in [0.1, 0.15) is 28.4 Å². The van der Waals surface area contributed by atoms with E-state index in [0.717, 1.165) is 11.1 Å². The van der Waals surface area contributed by atoms with Gasteiger partial charge >= 0.3 is 5.97 Å². The molecule has 3 aromatic rings. The summed E-state index contributed by atoms with van der Waals surface area (Å²) in [5, 5.41) is 2.95. The van der Waals surface area contributed by atoms with Gasteiger partial charge in [-0.3, -0.25) is 4.79 Å². The molecule has 30 heavy (non-hydrogen) atoms. The van der Waals surface area contributed by atoms with Gasteiger partial charge in [-0.2, -0.15) is 0 Å². The van der Waals surface area contributed by atoms with Crippen LogP contribution in [0.5, 0.6) is 5.75 Å². The highest BCUT2D eigenvalue weighted by molar-refractivity contribution is 5.92. The molecule has 1 amide bonds. The van der Waals surface area contributed by atoms with Gasteiger partial charge in [0.2, 0.25) is 5.91 Å². The van der Waals surface area contributed by atoms with Crippen molar-refractivity contribution in [2.24, 2.45) is 5.92 Å². The van der Waals surface area contributed by atoms with Crippen LogP contribution in [0.2, 0.25) is 0 Å². The molecule has 0 aliphatic carbocycles. The number of hydrogen-bond acceptors (Lipinski definition) is 4. The zero-order chi connectivity index (χ0) is 21.3. The van der Waals surface area contributed by atoms with Gasteiger partial charge in [0.15, 0.2) is 0 Å². The number of esters is 1. The predicted octanol–water partition coefficient (Wildman–Crippen LogP) is 4.87. The Morgan fingerprint density at radius 1 is 0.900 bits per heavy atom. The van der Waals surface area contributed by atoms with Crippen LogP contribution in [0.3, 0.4) is 0 Å². The molecule has 0 saturated heterocycles. The third-order valence-corrected chi connectivity index (χ3v) is 4.71. The number of benzene rings is 3. The van der Waals surface area contributed by atoms with Gasteiger partial charge in [0.25, 0.3) is 0 Å². The lowest BCUT2D eigenvalue weighted by Gasteiger charge is -2.14. The van der Waals surface area contributed by atoms with Crippen molar-refractivity contribution < 1.29 is 19.1 Å². The highest BCUT2D eigenvalue weighted by atomic mass is 16.5. The molecule has 5 heteroatoms. The molecule has 3 aromatic carbocycles. The van der Waals surface area contributed by atoms with Gasteiger partial charge in [-0.1, -0.05) is 55.5 Å². The lowest BCUT2D eigenvalue weighted by Crippen LogP contribution is -2.22. The molecule has 3 rings (SSSR count). The van der Waals surface area contributed by atoms with E-state index in [2.05, 4.69) is 5.32 Å². The number of hydrogen-bond donors (Lipinski definition) is 1. The van der Waals surface area contributed by atoms with Gasteiger partial charge in [-0.15, -0.1) is 0 Å². The van der Waals surface area contributed by atoms with E-state index in [1.165, 1.54) is 7.11 Å². The molecule has 0 heterocycles. The number of anilines is 1. The third-order valence-electron chi connectivity index (χ3n) is 4.71. The Hall–Kier alpha value is -3.60. The normalized spacial score (nSPS) is 11.4. The summed E-state index contributed by atoms with van der Waals surface area (Å²) < 4.78 is 10.5. The van der Waals surface area contributed by atoms with Crippen LogP contribution < -0.4 is 10.1 Å².